The largest absolute Gasteiger partial charge is 0.494 e. The van der Waals surface area contributed by atoms with Gasteiger partial charge in [-0.1, -0.05) is 309 Å². The van der Waals surface area contributed by atoms with Crippen LogP contribution in [0.15, 0.2) is 433 Å². The van der Waals surface area contributed by atoms with Gasteiger partial charge in [-0.05, 0) is 338 Å². The monoisotopic (exact) mass is 1940 g/mol. The molecule has 27 aromatic rings. The Hall–Kier alpha value is -18.8. The number of fused-ring (bicyclic) bond motifs is 12. The summed E-state index contributed by atoms with van der Waals surface area (Å²) in [5.74, 6) is 2.46. The highest BCUT2D eigenvalue weighted by Crippen LogP contribution is 2.50. The van der Waals surface area contributed by atoms with E-state index in [0.717, 1.165) is 216 Å². The van der Waals surface area contributed by atoms with E-state index in [1.165, 1.54) is 50.1 Å². The molecule has 12 nitrogen and oxygen atoms in total. The molecule has 27 rings (SSSR count). The highest BCUT2D eigenvalue weighted by atomic mass is 16.5. The van der Waals surface area contributed by atoms with Crippen LogP contribution in [-0.2, 0) is 0 Å². The molecule has 0 atom stereocenters. The lowest BCUT2D eigenvalue weighted by Gasteiger charge is -2.16. The van der Waals surface area contributed by atoms with Crippen molar-refractivity contribution in [3.63, 3.8) is 0 Å². The zero-order valence-corrected chi connectivity index (χ0v) is 84.6. The predicted octanol–water partition coefficient (Wildman–Crippen LogP) is 33.8. The van der Waals surface area contributed by atoms with Crippen molar-refractivity contribution in [2.75, 3.05) is 19.8 Å². The number of rotatable bonds is 18. The van der Waals surface area contributed by atoms with Gasteiger partial charge in [0.1, 0.15) is 34.2 Å². The van der Waals surface area contributed by atoms with E-state index >= 15 is 4.79 Å². The van der Waals surface area contributed by atoms with Crippen molar-refractivity contribution < 1.29 is 14.2 Å². The highest BCUT2D eigenvalue weighted by Gasteiger charge is 2.29. The lowest BCUT2D eigenvalue weighted by atomic mass is 9.89. The third kappa shape index (κ3) is 15.7. The van der Waals surface area contributed by atoms with Crippen LogP contribution in [0.1, 0.15) is 54.2 Å². The Balaban J connectivity index is 0.000000117. The van der Waals surface area contributed by atoms with Gasteiger partial charge in [-0.2, -0.15) is 0 Å². The zero-order valence-electron chi connectivity index (χ0n) is 84.6. The fraction of sp³-hybridized carbons (Fsp3) is 0.0870. The summed E-state index contributed by atoms with van der Waals surface area (Å²) in [4.78, 5) is 60.3. The third-order valence-electron chi connectivity index (χ3n) is 30.1. The number of aromatic nitrogens is 6. The molecule has 0 aliphatic heterocycles. The molecule has 0 aliphatic rings. The van der Waals surface area contributed by atoms with Gasteiger partial charge in [0.15, 0.2) is 0 Å². The maximum atomic E-state index is 15.1. The summed E-state index contributed by atoms with van der Waals surface area (Å²) in [5, 5.41) is 10.9. The summed E-state index contributed by atoms with van der Waals surface area (Å²) in [6, 6.07) is 145. The maximum Gasteiger partial charge on any atom is 0.264 e. The van der Waals surface area contributed by atoms with Gasteiger partial charge in [-0.15, -0.1) is 0 Å². The molecule has 6 aromatic heterocycles. The van der Waals surface area contributed by atoms with Crippen LogP contribution in [0.25, 0.3) is 248 Å². The summed E-state index contributed by atoms with van der Waals surface area (Å²) in [6.45, 7) is 20.7. The highest BCUT2D eigenvalue weighted by molar-refractivity contribution is 6.24. The van der Waals surface area contributed by atoms with Gasteiger partial charge < -0.3 is 14.2 Å². The molecule has 0 aliphatic carbocycles. The Kier molecular flexibility index (Phi) is 23.4. The molecule has 0 unspecified atom stereocenters. The van der Waals surface area contributed by atoms with Crippen molar-refractivity contribution in [1.29, 1.82) is 0 Å². The van der Waals surface area contributed by atoms with Crippen molar-refractivity contribution in [2.45, 2.75) is 62.3 Å². The number of pyridine rings is 3. The van der Waals surface area contributed by atoms with Gasteiger partial charge >= 0.3 is 0 Å². The lowest BCUT2D eigenvalue weighted by molar-refractivity contribution is 0.340. The first kappa shape index (κ1) is 92.4. The third-order valence-corrected chi connectivity index (χ3v) is 30.1. The second-order valence-corrected chi connectivity index (χ2v) is 39.0. The van der Waals surface area contributed by atoms with E-state index in [9.17, 15) is 9.59 Å². The van der Waals surface area contributed by atoms with E-state index in [1.807, 2.05) is 121 Å². The number of hydrogen-bond acceptors (Lipinski definition) is 9. The number of ether oxygens (including phenoxy) is 3. The minimum atomic E-state index is -0.0871. The molecule has 0 saturated heterocycles. The molecule has 0 fully saturated rings. The van der Waals surface area contributed by atoms with Crippen LogP contribution in [0.5, 0.6) is 17.2 Å². The Morgan fingerprint density at radius 3 is 0.893 bits per heavy atom. The molecule has 6 heterocycles. The van der Waals surface area contributed by atoms with E-state index in [-0.39, 0.29) is 16.7 Å². The van der Waals surface area contributed by atoms with Crippen molar-refractivity contribution in [2.24, 2.45) is 0 Å². The molecule has 0 saturated carbocycles. The van der Waals surface area contributed by atoms with Gasteiger partial charge in [0.25, 0.3) is 16.7 Å². The van der Waals surface area contributed by atoms with Crippen molar-refractivity contribution in [3.8, 4) is 151 Å². The molecule has 12 heteroatoms. The van der Waals surface area contributed by atoms with Crippen molar-refractivity contribution >= 4 is 115 Å². The number of nitrogens with zero attached hydrogens (tertiary/aromatic N) is 6. The second-order valence-electron chi connectivity index (χ2n) is 39.0. The Labute approximate surface area is 867 Å². The Morgan fingerprint density at radius 1 is 0.193 bits per heavy atom. The normalized spacial score (nSPS) is 11.7. The van der Waals surface area contributed by atoms with Gasteiger partial charge in [0.05, 0.1) is 52.9 Å². The SMILES string of the molecule is CCOc1ccc(-c2cc(-c3ccc(OCC)cc3)c3nc4c5ccc(-c6ccc(OCC)cc6)c6cccc(c(=O)n4c3c2)c65)cc1.Cc1cccc(C)c1-c1cc(-c2c(C)cccc2C)c2nc3c4ccc(-c5c(C)cccc5C)c5cccc(c(=O)n3c2c1)c54.O=c1c2cccc3c(-c4ccccc4-c4ccccc4)ccc(c32)c2nc3c(-c4ccccc4-c4ccccc4)cc(-c4ccccc4-c4ccccc4)cc3n12. The number of imidazole rings is 3. The van der Waals surface area contributed by atoms with Crippen LogP contribution in [0.4, 0.5) is 0 Å². The molecule has 21 aromatic carbocycles. The predicted molar refractivity (Wildman–Crippen MR) is 623 cm³/mol. The number of hydrogen-bond donors (Lipinski definition) is 0. The molecule has 150 heavy (non-hydrogen) atoms. The van der Waals surface area contributed by atoms with Crippen LogP contribution in [0.2, 0.25) is 0 Å². The molecule has 0 radical (unpaired) electrons. The first-order chi connectivity index (χ1) is 73.5. The lowest BCUT2D eigenvalue weighted by Crippen LogP contribution is -2.13. The van der Waals surface area contributed by atoms with Gasteiger partial charge in [-0.25, -0.2) is 15.0 Å². The minimum Gasteiger partial charge on any atom is -0.494 e. The summed E-state index contributed by atoms with van der Waals surface area (Å²) < 4.78 is 22.6. The van der Waals surface area contributed by atoms with Gasteiger partial charge in [0.2, 0.25) is 0 Å². The molecule has 0 N–H and O–H groups in total. The summed E-state index contributed by atoms with van der Waals surface area (Å²) >= 11 is 0. The Bertz CT molecular complexity index is 10200. The average Bonchev–Trinajstić information content (AvgIpc) is 1.58. The molecule has 0 spiro atoms. The summed E-state index contributed by atoms with van der Waals surface area (Å²) in [5.41, 5.74) is 40.0. The fourth-order valence-corrected chi connectivity index (χ4v) is 23.4. The minimum absolute atomic E-state index is 0.0321. The summed E-state index contributed by atoms with van der Waals surface area (Å²) in [7, 11) is 0. The summed E-state index contributed by atoms with van der Waals surface area (Å²) in [6.07, 6.45) is 0. The van der Waals surface area contributed by atoms with Crippen molar-refractivity contribution in [1.82, 2.24) is 28.2 Å². The van der Waals surface area contributed by atoms with Gasteiger partial charge in [0, 0.05) is 65.2 Å². The van der Waals surface area contributed by atoms with E-state index in [4.69, 9.17) is 29.2 Å². The maximum absolute atomic E-state index is 15.1. The quantitative estimate of drug-likeness (QED) is 0.0824. The van der Waals surface area contributed by atoms with E-state index < -0.39 is 0 Å². The smallest absolute Gasteiger partial charge is 0.264 e. The molecule has 0 bridgehead atoms. The number of benzene rings is 21. The molecular weight excluding hydrogens is 1840 g/mol. The Morgan fingerprint density at radius 2 is 0.473 bits per heavy atom. The topological polar surface area (TPSA) is 131 Å². The molecular formula is C138H102N6O6. The van der Waals surface area contributed by atoms with Crippen LogP contribution in [0, 0.1) is 41.5 Å². The first-order valence-corrected chi connectivity index (χ1v) is 51.4. The van der Waals surface area contributed by atoms with Crippen LogP contribution < -0.4 is 30.9 Å². The van der Waals surface area contributed by atoms with Crippen LogP contribution in [-0.4, -0.2) is 48.0 Å². The molecule has 720 valence electrons. The number of aryl methyl sites for hydroxylation is 6. The average molecular weight is 1940 g/mol. The van der Waals surface area contributed by atoms with E-state index in [2.05, 4.69) is 369 Å². The van der Waals surface area contributed by atoms with E-state index in [0.29, 0.717) is 52.9 Å². The zero-order chi connectivity index (χ0) is 102. The van der Waals surface area contributed by atoms with Crippen molar-refractivity contribution in [3.05, 3.63) is 483 Å². The standard InChI is InChI=1S/C54H34N2O.C42H34N2O4.C42H34N2O/c57-54-48-30-16-29-46-45(43-27-14-12-24-40(43)36-19-6-2-7-20-36)31-32-47(51(46)48)53-55-52-49(44-28-15-13-25-41(44)37-21-8-3-9-22-37)33-38(34-50(52)56(53)54)42-26-11-10-23-39(42)35-17-4-1-5-18-35;1-4-46-30-16-10-26(11-17-30)29-24-37(28-14-20-32(21-15-28)48-6-3)40-38(25-29)44-41(43-40)35-23-22-33(27-12-18-31(19-13-27)47-5-2)34-8-7-9-36(39(34)35)42(44)45;1-23-11-7-12-24(2)36(23)29-21-34(38-27(5)15-9-16-28(38)6)40-35(22-29)44-41(43-40)32-20-19-31(37-25(3)13-8-14-26(37)4)30-17-10-18-33(39(30)32)42(44)45/h1-34H;7-25H,4-6H2,1-3H3;7-22H,1-6H3. The van der Waals surface area contributed by atoms with Crippen LogP contribution in [0.3, 0.4) is 0 Å². The molecule has 0 amide bonds. The fourth-order valence-electron chi connectivity index (χ4n) is 23.4. The van der Waals surface area contributed by atoms with Crippen LogP contribution >= 0.6 is 0 Å². The van der Waals surface area contributed by atoms with Gasteiger partial charge in [-0.3, -0.25) is 27.6 Å². The van der Waals surface area contributed by atoms with E-state index in [1.54, 1.807) is 4.40 Å². The second kappa shape index (κ2) is 38.0. The first-order valence-electron chi connectivity index (χ1n) is 51.4.